The quantitative estimate of drug-likeness (QED) is 0.909. The predicted octanol–water partition coefficient (Wildman–Crippen LogP) is 1.92. The molecule has 2 aliphatic rings. The van der Waals surface area contributed by atoms with Gasteiger partial charge >= 0.3 is 0 Å². The molecule has 0 radical (unpaired) electrons. The Hall–Kier alpha value is -0.770. The summed E-state index contributed by atoms with van der Waals surface area (Å²) in [6.45, 7) is 4.08. The number of rotatable bonds is 3. The molecule has 2 unspecified atom stereocenters. The van der Waals surface area contributed by atoms with Gasteiger partial charge in [0.2, 0.25) is 0 Å². The molecule has 1 aromatic carbocycles. The molecule has 0 saturated carbocycles. The molecule has 0 aliphatic carbocycles. The molecule has 3 nitrogen and oxygen atoms in total. The van der Waals surface area contributed by atoms with Gasteiger partial charge in [0.15, 0.2) is 0 Å². The molecular weight excluding hydrogens is 248 g/mol. The van der Waals surface area contributed by atoms with E-state index in [0.29, 0.717) is 5.92 Å². The smallest absolute Gasteiger partial charge is 0.123 e. The van der Waals surface area contributed by atoms with E-state index in [1.165, 1.54) is 12.0 Å². The van der Waals surface area contributed by atoms with Crippen LogP contribution in [0.5, 0.6) is 5.75 Å². The second-order valence-electron chi connectivity index (χ2n) is 5.35. The maximum atomic E-state index is 6.00. The van der Waals surface area contributed by atoms with E-state index in [-0.39, 0.29) is 6.10 Å². The summed E-state index contributed by atoms with van der Waals surface area (Å²) in [5, 5.41) is 0.794. The standard InChI is InChI=1S/C14H19ClN2O/c15-12-1-2-14-11(5-12)6-13(18-14)9-17-4-3-10(7-16)8-17/h1-2,5,10,13H,3-4,6-9,16H2. The Labute approximate surface area is 113 Å². The number of hydrogen-bond donors (Lipinski definition) is 1. The minimum absolute atomic E-state index is 0.273. The van der Waals surface area contributed by atoms with E-state index in [1.54, 1.807) is 0 Å². The van der Waals surface area contributed by atoms with Crippen LogP contribution in [0.15, 0.2) is 18.2 Å². The Kier molecular flexibility index (Phi) is 3.46. The van der Waals surface area contributed by atoms with Crippen LogP contribution in [0.1, 0.15) is 12.0 Å². The van der Waals surface area contributed by atoms with Gasteiger partial charge in [-0.05, 0) is 49.2 Å². The van der Waals surface area contributed by atoms with Crippen LogP contribution < -0.4 is 10.5 Å². The number of benzene rings is 1. The number of nitrogens with two attached hydrogens (primary N) is 1. The van der Waals surface area contributed by atoms with Crippen LogP contribution in [0.25, 0.3) is 0 Å². The Balaban J connectivity index is 1.58. The van der Waals surface area contributed by atoms with Crippen LogP contribution in [-0.2, 0) is 6.42 Å². The summed E-state index contributed by atoms with van der Waals surface area (Å²) in [7, 11) is 0. The lowest BCUT2D eigenvalue weighted by Gasteiger charge is -2.20. The minimum atomic E-state index is 0.273. The highest BCUT2D eigenvalue weighted by Gasteiger charge is 2.28. The summed E-state index contributed by atoms with van der Waals surface area (Å²) in [4.78, 5) is 2.47. The summed E-state index contributed by atoms with van der Waals surface area (Å²) in [5.74, 6) is 1.67. The summed E-state index contributed by atoms with van der Waals surface area (Å²) in [5.41, 5.74) is 6.96. The fourth-order valence-electron chi connectivity index (χ4n) is 2.95. The van der Waals surface area contributed by atoms with Gasteiger partial charge in [-0.15, -0.1) is 0 Å². The van der Waals surface area contributed by atoms with Gasteiger partial charge in [0.05, 0.1) is 0 Å². The third-order valence-corrected chi connectivity index (χ3v) is 4.16. The topological polar surface area (TPSA) is 38.5 Å². The van der Waals surface area contributed by atoms with E-state index in [4.69, 9.17) is 22.1 Å². The summed E-state index contributed by atoms with van der Waals surface area (Å²) >= 11 is 6.00. The number of hydrogen-bond acceptors (Lipinski definition) is 3. The van der Waals surface area contributed by atoms with E-state index in [9.17, 15) is 0 Å². The van der Waals surface area contributed by atoms with Crippen molar-refractivity contribution in [3.05, 3.63) is 28.8 Å². The number of ether oxygens (including phenoxy) is 1. The number of fused-ring (bicyclic) bond motifs is 1. The van der Waals surface area contributed by atoms with Crippen LogP contribution in [0.4, 0.5) is 0 Å². The van der Waals surface area contributed by atoms with Gasteiger partial charge in [-0.2, -0.15) is 0 Å². The second-order valence-corrected chi connectivity index (χ2v) is 5.78. The summed E-state index contributed by atoms with van der Waals surface area (Å²) in [6.07, 6.45) is 2.47. The molecule has 18 heavy (non-hydrogen) atoms. The van der Waals surface area contributed by atoms with Gasteiger partial charge < -0.3 is 10.5 Å². The van der Waals surface area contributed by atoms with Crippen molar-refractivity contribution in [1.29, 1.82) is 0 Å². The maximum absolute atomic E-state index is 6.00. The minimum Gasteiger partial charge on any atom is -0.488 e. The largest absolute Gasteiger partial charge is 0.488 e. The zero-order chi connectivity index (χ0) is 12.5. The van der Waals surface area contributed by atoms with Gasteiger partial charge in [-0.3, -0.25) is 4.90 Å². The van der Waals surface area contributed by atoms with Crippen molar-refractivity contribution >= 4 is 11.6 Å². The zero-order valence-corrected chi connectivity index (χ0v) is 11.2. The lowest BCUT2D eigenvalue weighted by atomic mass is 10.1. The number of likely N-dealkylation sites (tertiary alicyclic amines) is 1. The van der Waals surface area contributed by atoms with Gasteiger partial charge in [-0.25, -0.2) is 0 Å². The molecule has 2 aliphatic heterocycles. The zero-order valence-electron chi connectivity index (χ0n) is 10.4. The monoisotopic (exact) mass is 266 g/mol. The first-order chi connectivity index (χ1) is 8.74. The fraction of sp³-hybridized carbons (Fsp3) is 0.571. The van der Waals surface area contributed by atoms with Crippen molar-refractivity contribution < 1.29 is 4.74 Å². The average Bonchev–Trinajstić information content (AvgIpc) is 2.95. The highest BCUT2D eigenvalue weighted by Crippen LogP contribution is 2.31. The molecule has 2 N–H and O–H groups in total. The van der Waals surface area contributed by atoms with Gasteiger partial charge in [0.1, 0.15) is 11.9 Å². The summed E-state index contributed by atoms with van der Waals surface area (Å²) in [6, 6.07) is 5.89. The van der Waals surface area contributed by atoms with E-state index >= 15 is 0 Å². The normalized spacial score (nSPS) is 27.2. The van der Waals surface area contributed by atoms with Crippen LogP contribution in [0.2, 0.25) is 5.02 Å². The van der Waals surface area contributed by atoms with Crippen molar-refractivity contribution in [3.8, 4) is 5.75 Å². The Morgan fingerprint density at radius 2 is 2.33 bits per heavy atom. The van der Waals surface area contributed by atoms with E-state index in [1.807, 2.05) is 18.2 Å². The molecule has 0 spiro atoms. The molecule has 1 fully saturated rings. The molecule has 98 valence electrons. The van der Waals surface area contributed by atoms with Crippen LogP contribution in [0.3, 0.4) is 0 Å². The van der Waals surface area contributed by atoms with E-state index < -0.39 is 0 Å². The second kappa shape index (κ2) is 5.08. The average molecular weight is 267 g/mol. The highest BCUT2D eigenvalue weighted by molar-refractivity contribution is 6.30. The molecule has 1 saturated heterocycles. The third kappa shape index (κ3) is 2.48. The lowest BCUT2D eigenvalue weighted by molar-refractivity contribution is 0.165. The maximum Gasteiger partial charge on any atom is 0.123 e. The van der Waals surface area contributed by atoms with E-state index in [0.717, 1.165) is 43.4 Å². The van der Waals surface area contributed by atoms with Crippen molar-refractivity contribution in [3.63, 3.8) is 0 Å². The van der Waals surface area contributed by atoms with Gasteiger partial charge in [-0.1, -0.05) is 11.6 Å². The molecule has 3 rings (SSSR count). The number of halogens is 1. The van der Waals surface area contributed by atoms with Gasteiger partial charge in [0, 0.05) is 24.5 Å². The van der Waals surface area contributed by atoms with Crippen LogP contribution >= 0.6 is 11.6 Å². The Morgan fingerprint density at radius 3 is 3.11 bits per heavy atom. The lowest BCUT2D eigenvalue weighted by Crippen LogP contribution is -2.33. The van der Waals surface area contributed by atoms with Crippen LogP contribution in [-0.4, -0.2) is 37.2 Å². The molecular formula is C14H19ClN2O. The predicted molar refractivity (Wildman–Crippen MR) is 73.2 cm³/mol. The van der Waals surface area contributed by atoms with E-state index in [2.05, 4.69) is 4.90 Å². The van der Waals surface area contributed by atoms with Crippen LogP contribution in [0, 0.1) is 5.92 Å². The molecule has 0 bridgehead atoms. The molecule has 1 aromatic rings. The fourth-order valence-corrected chi connectivity index (χ4v) is 3.14. The molecule has 4 heteroatoms. The molecule has 2 atom stereocenters. The third-order valence-electron chi connectivity index (χ3n) is 3.93. The Morgan fingerprint density at radius 1 is 1.44 bits per heavy atom. The molecule has 0 aromatic heterocycles. The van der Waals surface area contributed by atoms with Crippen molar-refractivity contribution in [2.24, 2.45) is 11.7 Å². The number of nitrogens with zero attached hydrogens (tertiary/aromatic N) is 1. The first-order valence-corrected chi connectivity index (χ1v) is 7.00. The first kappa shape index (κ1) is 12.3. The van der Waals surface area contributed by atoms with Crippen molar-refractivity contribution in [1.82, 2.24) is 4.90 Å². The highest BCUT2D eigenvalue weighted by atomic mass is 35.5. The molecule has 2 heterocycles. The first-order valence-electron chi connectivity index (χ1n) is 6.62. The Bertz CT molecular complexity index is 438. The SMILES string of the molecule is NCC1CCN(CC2Cc3cc(Cl)ccc3O2)C1. The van der Waals surface area contributed by atoms with Gasteiger partial charge in [0.25, 0.3) is 0 Å². The van der Waals surface area contributed by atoms with Crippen molar-refractivity contribution in [2.75, 3.05) is 26.2 Å². The van der Waals surface area contributed by atoms with Crippen molar-refractivity contribution in [2.45, 2.75) is 18.9 Å². The summed E-state index contributed by atoms with van der Waals surface area (Å²) < 4.78 is 5.96. The molecule has 0 amide bonds.